The highest BCUT2D eigenvalue weighted by molar-refractivity contribution is 5.84. The lowest BCUT2D eigenvalue weighted by Gasteiger charge is -2.23. The van der Waals surface area contributed by atoms with E-state index in [9.17, 15) is 4.79 Å². The molecule has 0 saturated heterocycles. The number of para-hydroxylation sites is 1. The SMILES string of the molecule is NNC1C(=O)NOc2ccccc21. The number of rotatable bonds is 1. The Morgan fingerprint density at radius 2 is 2.23 bits per heavy atom. The number of hydrogen-bond acceptors (Lipinski definition) is 4. The molecule has 5 heteroatoms. The van der Waals surface area contributed by atoms with Crippen molar-refractivity contribution in [2.75, 3.05) is 0 Å². The Balaban J connectivity index is 2.45. The van der Waals surface area contributed by atoms with Gasteiger partial charge in [-0.2, -0.15) is 5.48 Å². The maximum Gasteiger partial charge on any atom is 0.275 e. The van der Waals surface area contributed by atoms with Crippen molar-refractivity contribution in [1.29, 1.82) is 0 Å². The van der Waals surface area contributed by atoms with Crippen LogP contribution >= 0.6 is 0 Å². The summed E-state index contributed by atoms with van der Waals surface area (Å²) in [6.07, 6.45) is 0. The molecule has 1 heterocycles. The number of carbonyl (C=O) groups is 1. The van der Waals surface area contributed by atoms with E-state index in [2.05, 4.69) is 10.9 Å². The molecule has 2 rings (SSSR count). The number of fused-ring (bicyclic) bond motifs is 1. The Morgan fingerprint density at radius 1 is 1.46 bits per heavy atom. The largest absolute Gasteiger partial charge is 0.379 e. The summed E-state index contributed by atoms with van der Waals surface area (Å²) in [5.74, 6) is 5.57. The monoisotopic (exact) mass is 179 g/mol. The van der Waals surface area contributed by atoms with Crippen LogP contribution in [0.5, 0.6) is 5.75 Å². The maximum atomic E-state index is 11.2. The summed E-state index contributed by atoms with van der Waals surface area (Å²) in [6, 6.07) is 6.66. The van der Waals surface area contributed by atoms with Crippen molar-refractivity contribution in [3.63, 3.8) is 0 Å². The van der Waals surface area contributed by atoms with Crippen LogP contribution in [0.15, 0.2) is 24.3 Å². The molecule has 1 atom stereocenters. The summed E-state index contributed by atoms with van der Waals surface area (Å²) in [6.45, 7) is 0. The summed E-state index contributed by atoms with van der Waals surface area (Å²) in [5.41, 5.74) is 5.42. The van der Waals surface area contributed by atoms with E-state index < -0.39 is 6.04 Å². The fourth-order valence-corrected chi connectivity index (χ4v) is 1.28. The zero-order chi connectivity index (χ0) is 9.26. The van der Waals surface area contributed by atoms with Gasteiger partial charge in [-0.1, -0.05) is 18.2 Å². The molecule has 1 aliphatic heterocycles. The number of nitrogens with two attached hydrogens (primary N) is 1. The molecule has 0 radical (unpaired) electrons. The minimum Gasteiger partial charge on any atom is -0.379 e. The van der Waals surface area contributed by atoms with Gasteiger partial charge in [0.2, 0.25) is 0 Å². The van der Waals surface area contributed by atoms with Gasteiger partial charge in [0.25, 0.3) is 5.91 Å². The Hall–Kier alpha value is -1.59. The van der Waals surface area contributed by atoms with Gasteiger partial charge in [-0.05, 0) is 6.07 Å². The molecule has 0 spiro atoms. The molecular formula is C8H9N3O2. The van der Waals surface area contributed by atoms with E-state index in [4.69, 9.17) is 10.7 Å². The summed E-state index contributed by atoms with van der Waals surface area (Å²) >= 11 is 0. The second-order valence-electron chi connectivity index (χ2n) is 2.71. The molecular weight excluding hydrogens is 170 g/mol. The molecule has 1 amide bonds. The van der Waals surface area contributed by atoms with E-state index in [1.54, 1.807) is 12.1 Å². The maximum absolute atomic E-state index is 11.2. The fraction of sp³-hybridized carbons (Fsp3) is 0.125. The van der Waals surface area contributed by atoms with E-state index in [-0.39, 0.29) is 5.91 Å². The van der Waals surface area contributed by atoms with Crippen LogP contribution in [-0.4, -0.2) is 5.91 Å². The fourth-order valence-electron chi connectivity index (χ4n) is 1.28. The Morgan fingerprint density at radius 3 is 3.00 bits per heavy atom. The molecule has 0 fully saturated rings. The quantitative estimate of drug-likeness (QED) is 0.405. The number of carbonyl (C=O) groups excluding carboxylic acids is 1. The van der Waals surface area contributed by atoms with Crippen LogP contribution in [-0.2, 0) is 4.79 Å². The molecule has 0 aromatic heterocycles. The van der Waals surface area contributed by atoms with Crippen molar-refractivity contribution in [3.8, 4) is 5.75 Å². The van der Waals surface area contributed by atoms with E-state index in [0.29, 0.717) is 5.75 Å². The number of benzene rings is 1. The van der Waals surface area contributed by atoms with Crippen LogP contribution in [0.2, 0.25) is 0 Å². The average Bonchev–Trinajstić information content (AvgIpc) is 2.18. The van der Waals surface area contributed by atoms with Crippen molar-refractivity contribution in [1.82, 2.24) is 10.9 Å². The van der Waals surface area contributed by atoms with Gasteiger partial charge in [-0.25, -0.2) is 5.43 Å². The average molecular weight is 179 g/mol. The van der Waals surface area contributed by atoms with Crippen molar-refractivity contribution in [2.24, 2.45) is 5.84 Å². The van der Waals surface area contributed by atoms with Crippen LogP contribution in [0, 0.1) is 0 Å². The van der Waals surface area contributed by atoms with E-state index >= 15 is 0 Å². The van der Waals surface area contributed by atoms with E-state index in [0.717, 1.165) is 5.56 Å². The van der Waals surface area contributed by atoms with Crippen LogP contribution in [0.1, 0.15) is 11.6 Å². The van der Waals surface area contributed by atoms with Crippen molar-refractivity contribution in [3.05, 3.63) is 29.8 Å². The van der Waals surface area contributed by atoms with E-state index in [1.165, 1.54) is 0 Å². The van der Waals surface area contributed by atoms with Crippen molar-refractivity contribution < 1.29 is 9.63 Å². The molecule has 13 heavy (non-hydrogen) atoms. The lowest BCUT2D eigenvalue weighted by molar-refractivity contribution is -0.131. The molecule has 0 bridgehead atoms. The summed E-state index contributed by atoms with van der Waals surface area (Å²) in [4.78, 5) is 16.2. The highest BCUT2D eigenvalue weighted by Gasteiger charge is 2.27. The van der Waals surface area contributed by atoms with Gasteiger partial charge in [0.15, 0.2) is 5.75 Å². The topological polar surface area (TPSA) is 76.4 Å². The first-order valence-electron chi connectivity index (χ1n) is 3.84. The molecule has 1 aromatic rings. The normalized spacial score (nSPS) is 20.1. The number of amides is 1. The molecule has 5 nitrogen and oxygen atoms in total. The first-order chi connectivity index (χ1) is 6.33. The lowest BCUT2D eigenvalue weighted by atomic mass is 10.1. The Labute approximate surface area is 74.8 Å². The molecule has 0 aliphatic carbocycles. The first kappa shape index (κ1) is 8.03. The third kappa shape index (κ3) is 1.24. The van der Waals surface area contributed by atoms with E-state index in [1.807, 2.05) is 12.1 Å². The molecule has 0 saturated carbocycles. The predicted octanol–water partition coefficient (Wildman–Crippen LogP) is -0.385. The van der Waals surface area contributed by atoms with Gasteiger partial charge in [0.05, 0.1) is 0 Å². The third-order valence-corrected chi connectivity index (χ3v) is 1.92. The highest BCUT2D eigenvalue weighted by Crippen LogP contribution is 2.27. The lowest BCUT2D eigenvalue weighted by Crippen LogP contribution is -2.45. The van der Waals surface area contributed by atoms with Crippen molar-refractivity contribution >= 4 is 5.91 Å². The number of nitrogens with one attached hydrogen (secondary N) is 2. The third-order valence-electron chi connectivity index (χ3n) is 1.92. The summed E-state index contributed by atoms with van der Waals surface area (Å²) in [5, 5.41) is 0. The van der Waals surface area contributed by atoms with Crippen LogP contribution in [0.4, 0.5) is 0 Å². The smallest absolute Gasteiger partial charge is 0.275 e. The minimum absolute atomic E-state index is 0.291. The van der Waals surface area contributed by atoms with Gasteiger partial charge >= 0.3 is 0 Å². The Kier molecular flexibility index (Phi) is 1.88. The number of hydrogen-bond donors (Lipinski definition) is 3. The molecule has 68 valence electrons. The molecule has 4 N–H and O–H groups in total. The predicted molar refractivity (Wildman–Crippen MR) is 45.3 cm³/mol. The van der Waals surface area contributed by atoms with Gasteiger partial charge in [0, 0.05) is 5.56 Å². The second-order valence-corrected chi connectivity index (χ2v) is 2.71. The summed E-state index contributed by atoms with van der Waals surface area (Å²) in [7, 11) is 0. The first-order valence-corrected chi connectivity index (χ1v) is 3.84. The number of hydrazine groups is 1. The zero-order valence-corrected chi connectivity index (χ0v) is 6.78. The standard InChI is InChI=1S/C8H9N3O2/c9-10-7-5-3-1-2-4-6(5)13-11-8(7)12/h1-4,7,10H,9H2,(H,11,12). The molecule has 1 unspecified atom stereocenters. The summed E-state index contributed by atoms with van der Waals surface area (Å²) < 4.78 is 0. The Bertz CT molecular complexity index is 340. The van der Waals surface area contributed by atoms with Gasteiger partial charge in [-0.15, -0.1) is 0 Å². The minimum atomic E-state index is -0.537. The van der Waals surface area contributed by atoms with Crippen molar-refractivity contribution in [2.45, 2.75) is 6.04 Å². The second kappa shape index (κ2) is 3.04. The van der Waals surface area contributed by atoms with Crippen LogP contribution < -0.4 is 21.6 Å². The molecule has 1 aliphatic rings. The van der Waals surface area contributed by atoms with Crippen LogP contribution in [0.3, 0.4) is 0 Å². The van der Waals surface area contributed by atoms with Gasteiger partial charge in [-0.3, -0.25) is 10.6 Å². The molecule has 1 aromatic carbocycles. The number of hydroxylamine groups is 1. The zero-order valence-electron chi connectivity index (χ0n) is 6.78. The van der Waals surface area contributed by atoms with Gasteiger partial charge < -0.3 is 4.84 Å². The van der Waals surface area contributed by atoms with Crippen LogP contribution in [0.25, 0.3) is 0 Å². The van der Waals surface area contributed by atoms with Gasteiger partial charge in [0.1, 0.15) is 6.04 Å². The highest BCUT2D eigenvalue weighted by atomic mass is 16.7.